The first-order chi connectivity index (χ1) is 17.8. The smallest absolute Gasteiger partial charge is 0.417 e. The molecule has 0 radical (unpaired) electrons. The van der Waals surface area contributed by atoms with Crippen LogP contribution in [0.4, 0.5) is 27.6 Å². The number of methoxy groups -OCH3 is 1. The van der Waals surface area contributed by atoms with Gasteiger partial charge in [0.1, 0.15) is 11.8 Å². The molecule has 1 aliphatic heterocycles. The summed E-state index contributed by atoms with van der Waals surface area (Å²) in [6.45, 7) is 2.93. The van der Waals surface area contributed by atoms with Crippen molar-refractivity contribution in [1.29, 1.82) is 0 Å². The molecule has 8 nitrogen and oxygen atoms in total. The van der Waals surface area contributed by atoms with Gasteiger partial charge in [0.25, 0.3) is 11.8 Å². The van der Waals surface area contributed by atoms with Crippen LogP contribution in [0.15, 0.2) is 30.5 Å². The maximum Gasteiger partial charge on any atom is 0.417 e. The van der Waals surface area contributed by atoms with Crippen LogP contribution in [-0.2, 0) is 9.53 Å². The van der Waals surface area contributed by atoms with Gasteiger partial charge in [-0.1, -0.05) is 13.0 Å². The molecule has 1 aromatic carbocycles. The highest BCUT2D eigenvalue weighted by molar-refractivity contribution is 5.97. The fraction of sp³-hybridized carbons (Fsp3) is 0.480. The molecule has 2 N–H and O–H groups in total. The number of carbonyl (C=O) groups excluding carboxylic acids is 2. The van der Waals surface area contributed by atoms with E-state index in [4.69, 9.17) is 9.47 Å². The third kappa shape index (κ3) is 5.44. The third-order valence-electron chi connectivity index (χ3n) is 6.86. The second-order valence-corrected chi connectivity index (χ2v) is 9.19. The van der Waals surface area contributed by atoms with Crippen molar-refractivity contribution in [3.8, 4) is 5.75 Å². The number of amides is 2. The maximum absolute atomic E-state index is 14.5. The molecule has 208 valence electrons. The van der Waals surface area contributed by atoms with Crippen LogP contribution in [-0.4, -0.2) is 73.9 Å². The summed E-state index contributed by atoms with van der Waals surface area (Å²) in [7, 11) is 4.34. The fourth-order valence-corrected chi connectivity index (χ4v) is 4.46. The van der Waals surface area contributed by atoms with Crippen molar-refractivity contribution in [3.05, 3.63) is 53.4 Å². The molecule has 2 heterocycles. The highest BCUT2D eigenvalue weighted by Crippen LogP contribution is 2.55. The molecule has 1 aliphatic rings. The van der Waals surface area contributed by atoms with Crippen LogP contribution >= 0.6 is 0 Å². The molecule has 2 amide bonds. The normalized spacial score (nSPS) is 23.3. The number of halogens is 5. The largest absolute Gasteiger partial charge is 0.493 e. The number of rotatable bonds is 8. The van der Waals surface area contributed by atoms with Gasteiger partial charge in [-0.15, -0.1) is 0 Å². The molecule has 0 aliphatic carbocycles. The molecule has 38 heavy (non-hydrogen) atoms. The predicted octanol–water partition coefficient (Wildman–Crippen LogP) is 3.74. The molecule has 13 heteroatoms. The Bertz CT molecular complexity index is 1190. The van der Waals surface area contributed by atoms with Crippen LogP contribution in [0.5, 0.6) is 5.75 Å². The Balaban J connectivity index is 1.98. The Hall–Kier alpha value is -3.32. The second kappa shape index (κ2) is 11.2. The van der Waals surface area contributed by atoms with Gasteiger partial charge in [-0.25, -0.2) is 4.39 Å². The van der Waals surface area contributed by atoms with Gasteiger partial charge in [0, 0.05) is 49.4 Å². The molecular formula is C25H29F5N4O4. The maximum atomic E-state index is 14.5. The van der Waals surface area contributed by atoms with Crippen LogP contribution in [0.25, 0.3) is 0 Å². The molecular weight excluding hydrogens is 515 g/mol. The number of nitrogens with one attached hydrogen (secondary N) is 2. The zero-order chi connectivity index (χ0) is 28.4. The van der Waals surface area contributed by atoms with Gasteiger partial charge in [0.2, 0.25) is 5.82 Å². The van der Waals surface area contributed by atoms with Crippen LogP contribution < -0.4 is 15.4 Å². The van der Waals surface area contributed by atoms with Crippen molar-refractivity contribution in [2.45, 2.75) is 37.6 Å². The first-order valence-electron chi connectivity index (χ1n) is 11.7. The SMILES string of the molecule is CNCCN(C)C(=O)c1cc(NC(=O)[C@@H]2O[C@@](C)(C(F)(F)F)[C@@H](C)[C@H]2c2ccc(F)c(F)c2OC)ccn1. The summed E-state index contributed by atoms with van der Waals surface area (Å²) in [5, 5.41) is 5.38. The molecule has 3 rings (SSSR count). The van der Waals surface area contributed by atoms with Crippen LogP contribution in [0, 0.1) is 17.6 Å². The highest BCUT2D eigenvalue weighted by atomic mass is 19.4. The van der Waals surface area contributed by atoms with E-state index in [1.54, 1.807) is 14.1 Å². The number of aromatic nitrogens is 1. The average molecular weight is 545 g/mol. The van der Waals surface area contributed by atoms with Crippen molar-refractivity contribution in [2.75, 3.05) is 39.6 Å². The molecule has 0 bridgehead atoms. The van der Waals surface area contributed by atoms with E-state index in [1.165, 1.54) is 30.2 Å². The van der Waals surface area contributed by atoms with E-state index in [9.17, 15) is 31.5 Å². The number of carbonyl (C=O) groups is 2. The number of anilines is 1. The van der Waals surface area contributed by atoms with Crippen LogP contribution in [0.3, 0.4) is 0 Å². The van der Waals surface area contributed by atoms with Gasteiger partial charge >= 0.3 is 6.18 Å². The molecule has 1 aromatic heterocycles. The van der Waals surface area contributed by atoms with Crippen LogP contribution in [0.1, 0.15) is 35.8 Å². The summed E-state index contributed by atoms with van der Waals surface area (Å²) in [4.78, 5) is 31.4. The highest BCUT2D eigenvalue weighted by Gasteiger charge is 2.65. The summed E-state index contributed by atoms with van der Waals surface area (Å²) in [6.07, 6.45) is -5.39. The molecule has 0 spiro atoms. The summed E-state index contributed by atoms with van der Waals surface area (Å²) in [5.74, 6) is -7.43. The summed E-state index contributed by atoms with van der Waals surface area (Å²) < 4.78 is 81.0. The molecule has 0 saturated carbocycles. The lowest BCUT2D eigenvalue weighted by Gasteiger charge is -2.32. The average Bonchev–Trinajstić information content (AvgIpc) is 3.15. The topological polar surface area (TPSA) is 92.8 Å². The van der Waals surface area contributed by atoms with Crippen molar-refractivity contribution in [1.82, 2.24) is 15.2 Å². The molecule has 0 unspecified atom stereocenters. The summed E-state index contributed by atoms with van der Waals surface area (Å²) >= 11 is 0. The number of alkyl halides is 3. The number of ether oxygens (including phenoxy) is 2. The number of hydrogen-bond acceptors (Lipinski definition) is 6. The van der Waals surface area contributed by atoms with Gasteiger partial charge in [-0.3, -0.25) is 14.6 Å². The molecule has 2 aromatic rings. The Morgan fingerprint density at radius 1 is 1.24 bits per heavy atom. The third-order valence-corrected chi connectivity index (χ3v) is 6.86. The van der Waals surface area contributed by atoms with Gasteiger partial charge in [0.05, 0.1) is 7.11 Å². The lowest BCUT2D eigenvalue weighted by atomic mass is 9.77. The fourth-order valence-electron chi connectivity index (χ4n) is 4.46. The van der Waals surface area contributed by atoms with Gasteiger partial charge < -0.3 is 25.0 Å². The van der Waals surface area contributed by atoms with E-state index in [1.807, 2.05) is 0 Å². The van der Waals surface area contributed by atoms with Gasteiger partial charge in [0.15, 0.2) is 17.2 Å². The molecule has 4 atom stereocenters. The minimum atomic E-state index is -4.89. The van der Waals surface area contributed by atoms with Crippen LogP contribution in [0.2, 0.25) is 0 Å². The Morgan fingerprint density at radius 3 is 2.53 bits per heavy atom. The van der Waals surface area contributed by atoms with E-state index >= 15 is 0 Å². The van der Waals surface area contributed by atoms with E-state index in [0.717, 1.165) is 26.2 Å². The zero-order valence-electron chi connectivity index (χ0n) is 21.5. The number of hydrogen-bond donors (Lipinski definition) is 2. The quantitative estimate of drug-likeness (QED) is 0.492. The Kier molecular flexibility index (Phi) is 8.62. The van der Waals surface area contributed by atoms with Gasteiger partial charge in [-0.2, -0.15) is 17.6 Å². The van der Waals surface area contributed by atoms with Crippen molar-refractivity contribution < 1.29 is 41.0 Å². The summed E-state index contributed by atoms with van der Waals surface area (Å²) in [5.41, 5.74) is -2.85. The van der Waals surface area contributed by atoms with Crippen molar-refractivity contribution in [2.24, 2.45) is 5.92 Å². The summed E-state index contributed by atoms with van der Waals surface area (Å²) in [6, 6.07) is 4.47. The molecule has 1 fully saturated rings. The standard InChI is InChI=1S/C25H29F5N4O4/c1-13-18(15-6-7-16(26)19(27)20(15)37-5)21(38-24(13,2)25(28,29)30)22(35)33-14-8-9-32-17(12-14)23(36)34(4)11-10-31-3/h6-9,12-13,18,21,31H,10-11H2,1-5H3,(H,32,33,35)/t13-,18-,21+,24+/m0/s1. The number of benzene rings is 1. The van der Waals surface area contributed by atoms with E-state index in [2.05, 4.69) is 15.6 Å². The molecule has 1 saturated heterocycles. The second-order valence-electron chi connectivity index (χ2n) is 9.19. The van der Waals surface area contributed by atoms with E-state index in [-0.39, 0.29) is 16.9 Å². The number of nitrogens with zero attached hydrogens (tertiary/aromatic N) is 2. The monoisotopic (exact) mass is 544 g/mol. The Labute approximate surface area is 216 Å². The first-order valence-corrected chi connectivity index (χ1v) is 11.7. The van der Waals surface area contributed by atoms with E-state index < -0.39 is 58.9 Å². The number of pyridine rings is 1. The zero-order valence-corrected chi connectivity index (χ0v) is 21.5. The minimum Gasteiger partial charge on any atom is -0.493 e. The minimum absolute atomic E-state index is 0.000987. The first kappa shape index (κ1) is 29.2. The van der Waals surface area contributed by atoms with Gasteiger partial charge in [-0.05, 0) is 32.2 Å². The Morgan fingerprint density at radius 2 is 1.92 bits per heavy atom. The van der Waals surface area contributed by atoms with E-state index in [0.29, 0.717) is 13.1 Å². The predicted molar refractivity (Wildman–Crippen MR) is 128 cm³/mol. The lowest BCUT2D eigenvalue weighted by molar-refractivity contribution is -0.272. The van der Waals surface area contributed by atoms with Crippen molar-refractivity contribution >= 4 is 17.5 Å². The van der Waals surface area contributed by atoms with Crippen molar-refractivity contribution in [3.63, 3.8) is 0 Å². The lowest BCUT2D eigenvalue weighted by Crippen LogP contribution is -2.47. The number of likely N-dealkylation sites (N-methyl/N-ethyl adjacent to an activating group) is 2.